The molecular weight excluding hydrogens is 380 g/mol. The molecule has 1 aromatic heterocycles. The first-order valence-electron chi connectivity index (χ1n) is 10.4. The van der Waals surface area contributed by atoms with Crippen molar-refractivity contribution in [3.05, 3.63) is 103 Å². The molecule has 2 nitrogen and oxygen atoms in total. The first kappa shape index (κ1) is 17.8. The average Bonchev–Trinajstić information content (AvgIpc) is 3.22. The van der Waals surface area contributed by atoms with Crippen molar-refractivity contribution in [2.45, 2.75) is 0 Å². The zero-order valence-corrected chi connectivity index (χ0v) is 17.1. The van der Waals surface area contributed by atoms with Crippen molar-refractivity contribution in [2.24, 2.45) is 0 Å². The minimum absolute atomic E-state index is 0.857. The molecule has 2 heteroatoms. The van der Waals surface area contributed by atoms with Gasteiger partial charge in [0.2, 0.25) is 0 Å². The van der Waals surface area contributed by atoms with Gasteiger partial charge in [-0.1, -0.05) is 72.8 Å². The van der Waals surface area contributed by atoms with Crippen LogP contribution in [-0.4, -0.2) is 7.11 Å². The quantitative estimate of drug-likeness (QED) is 0.299. The average molecular weight is 400 g/mol. The van der Waals surface area contributed by atoms with Gasteiger partial charge in [0.1, 0.15) is 16.9 Å². The van der Waals surface area contributed by atoms with Crippen molar-refractivity contribution >= 4 is 32.7 Å². The van der Waals surface area contributed by atoms with E-state index in [1.165, 1.54) is 32.8 Å². The molecule has 0 N–H and O–H groups in total. The molecule has 0 aliphatic rings. The molecule has 6 rings (SSSR count). The predicted octanol–water partition coefficient (Wildman–Crippen LogP) is 8.08. The maximum atomic E-state index is 6.18. The Kier molecular flexibility index (Phi) is 4.03. The number of fused-ring (bicyclic) bond motifs is 5. The Bertz CT molecular complexity index is 1570. The summed E-state index contributed by atoms with van der Waals surface area (Å²) in [6.07, 6.45) is 0. The molecule has 0 radical (unpaired) electrons. The number of furan rings is 1. The Labute approximate surface area is 180 Å². The van der Waals surface area contributed by atoms with E-state index < -0.39 is 0 Å². The fourth-order valence-corrected chi connectivity index (χ4v) is 4.49. The highest BCUT2D eigenvalue weighted by molar-refractivity contribution is 6.19. The highest BCUT2D eigenvalue weighted by Crippen LogP contribution is 2.39. The zero-order valence-electron chi connectivity index (χ0n) is 17.1. The van der Waals surface area contributed by atoms with E-state index >= 15 is 0 Å². The van der Waals surface area contributed by atoms with Crippen LogP contribution in [0.3, 0.4) is 0 Å². The van der Waals surface area contributed by atoms with Gasteiger partial charge < -0.3 is 9.15 Å². The van der Waals surface area contributed by atoms with Gasteiger partial charge in [-0.15, -0.1) is 0 Å². The van der Waals surface area contributed by atoms with Gasteiger partial charge in [0.15, 0.2) is 0 Å². The van der Waals surface area contributed by atoms with Crippen molar-refractivity contribution in [2.75, 3.05) is 7.11 Å². The first-order valence-corrected chi connectivity index (χ1v) is 10.4. The van der Waals surface area contributed by atoms with E-state index in [2.05, 4.69) is 91.0 Å². The lowest BCUT2D eigenvalue weighted by molar-refractivity contribution is 0.415. The van der Waals surface area contributed by atoms with Gasteiger partial charge in [-0.25, -0.2) is 0 Å². The Morgan fingerprint density at radius 3 is 2.16 bits per heavy atom. The van der Waals surface area contributed by atoms with Crippen LogP contribution in [0.25, 0.3) is 55.0 Å². The van der Waals surface area contributed by atoms with E-state index in [1.807, 2.05) is 12.1 Å². The second-order valence-electron chi connectivity index (χ2n) is 7.75. The van der Waals surface area contributed by atoms with E-state index in [-0.39, 0.29) is 0 Å². The number of ether oxygens (including phenoxy) is 1. The second kappa shape index (κ2) is 7.03. The minimum atomic E-state index is 0.857. The predicted molar refractivity (Wildman–Crippen MR) is 129 cm³/mol. The van der Waals surface area contributed by atoms with Gasteiger partial charge in [0, 0.05) is 10.8 Å². The molecule has 31 heavy (non-hydrogen) atoms. The van der Waals surface area contributed by atoms with Crippen molar-refractivity contribution in [3.8, 4) is 28.0 Å². The maximum Gasteiger partial charge on any atom is 0.136 e. The van der Waals surface area contributed by atoms with Crippen LogP contribution < -0.4 is 4.74 Å². The van der Waals surface area contributed by atoms with Gasteiger partial charge >= 0.3 is 0 Å². The largest absolute Gasteiger partial charge is 0.497 e. The maximum absolute atomic E-state index is 6.18. The third-order valence-electron chi connectivity index (χ3n) is 5.98. The van der Waals surface area contributed by atoms with E-state index in [0.717, 1.165) is 27.9 Å². The van der Waals surface area contributed by atoms with Crippen LogP contribution in [0.2, 0.25) is 0 Å². The van der Waals surface area contributed by atoms with Crippen LogP contribution >= 0.6 is 0 Å². The molecule has 0 spiro atoms. The van der Waals surface area contributed by atoms with Crippen molar-refractivity contribution in [1.82, 2.24) is 0 Å². The summed E-state index contributed by atoms with van der Waals surface area (Å²) >= 11 is 0. The normalized spacial score (nSPS) is 11.4. The van der Waals surface area contributed by atoms with Crippen LogP contribution in [0.15, 0.2) is 108 Å². The molecule has 0 fully saturated rings. The fourth-order valence-electron chi connectivity index (χ4n) is 4.49. The lowest BCUT2D eigenvalue weighted by atomic mass is 9.93. The highest BCUT2D eigenvalue weighted by Gasteiger charge is 2.13. The molecule has 0 atom stereocenters. The Morgan fingerprint density at radius 2 is 1.32 bits per heavy atom. The summed E-state index contributed by atoms with van der Waals surface area (Å²) in [7, 11) is 1.70. The summed E-state index contributed by atoms with van der Waals surface area (Å²) < 4.78 is 11.6. The Morgan fingerprint density at radius 1 is 0.581 bits per heavy atom. The lowest BCUT2D eigenvalue weighted by Crippen LogP contribution is -1.87. The van der Waals surface area contributed by atoms with Crippen molar-refractivity contribution < 1.29 is 9.15 Å². The molecule has 5 aromatic carbocycles. The number of hydrogen-bond donors (Lipinski definition) is 0. The lowest BCUT2D eigenvalue weighted by Gasteiger charge is -2.11. The molecule has 0 bridgehead atoms. The number of rotatable bonds is 3. The Hall–Kier alpha value is -4.04. The smallest absolute Gasteiger partial charge is 0.136 e. The molecule has 0 saturated heterocycles. The first-order chi connectivity index (χ1) is 15.3. The number of hydrogen-bond acceptors (Lipinski definition) is 2. The van der Waals surface area contributed by atoms with Gasteiger partial charge in [-0.05, 0) is 63.4 Å². The van der Waals surface area contributed by atoms with Crippen LogP contribution in [0.1, 0.15) is 0 Å². The minimum Gasteiger partial charge on any atom is -0.497 e. The summed E-state index contributed by atoms with van der Waals surface area (Å²) in [5, 5.41) is 4.76. The monoisotopic (exact) mass is 400 g/mol. The molecule has 0 aliphatic heterocycles. The summed E-state index contributed by atoms with van der Waals surface area (Å²) in [4.78, 5) is 0. The fraction of sp³-hybridized carbons (Fsp3) is 0.0345. The van der Waals surface area contributed by atoms with E-state index in [0.29, 0.717) is 0 Å². The summed E-state index contributed by atoms with van der Waals surface area (Å²) in [6.45, 7) is 0. The molecule has 1 heterocycles. The second-order valence-corrected chi connectivity index (χ2v) is 7.75. The summed E-state index contributed by atoms with van der Waals surface area (Å²) in [5.74, 6) is 0.857. The summed E-state index contributed by atoms with van der Waals surface area (Å²) in [6, 6.07) is 35.9. The van der Waals surface area contributed by atoms with Crippen molar-refractivity contribution in [1.29, 1.82) is 0 Å². The Balaban J connectivity index is 1.61. The van der Waals surface area contributed by atoms with Gasteiger partial charge in [0.05, 0.1) is 7.11 Å². The molecule has 0 saturated carbocycles. The highest BCUT2D eigenvalue weighted by atomic mass is 16.5. The zero-order chi connectivity index (χ0) is 20.8. The van der Waals surface area contributed by atoms with E-state index in [1.54, 1.807) is 7.11 Å². The molecule has 6 aromatic rings. The molecule has 0 unspecified atom stereocenters. The molecular formula is C29H20O2. The molecule has 148 valence electrons. The van der Waals surface area contributed by atoms with Crippen LogP contribution in [-0.2, 0) is 0 Å². The number of benzene rings is 5. The summed E-state index contributed by atoms with van der Waals surface area (Å²) in [5.41, 5.74) is 6.51. The van der Waals surface area contributed by atoms with Crippen LogP contribution in [0, 0.1) is 0 Å². The molecule has 0 amide bonds. The van der Waals surface area contributed by atoms with E-state index in [9.17, 15) is 0 Å². The van der Waals surface area contributed by atoms with Gasteiger partial charge in [0.25, 0.3) is 0 Å². The van der Waals surface area contributed by atoms with Crippen molar-refractivity contribution in [3.63, 3.8) is 0 Å². The van der Waals surface area contributed by atoms with E-state index in [4.69, 9.17) is 9.15 Å². The van der Waals surface area contributed by atoms with Crippen LogP contribution in [0.5, 0.6) is 5.75 Å². The topological polar surface area (TPSA) is 22.4 Å². The van der Waals surface area contributed by atoms with Gasteiger partial charge in [-0.3, -0.25) is 0 Å². The number of methoxy groups -OCH3 is 1. The van der Waals surface area contributed by atoms with Crippen LogP contribution in [0.4, 0.5) is 0 Å². The van der Waals surface area contributed by atoms with Gasteiger partial charge in [-0.2, -0.15) is 0 Å². The standard InChI is InChI=1S/C29H20O2/c1-30-22-9-6-8-20(17-22)23-10-4-5-11-24(23)21-14-15-27-26(18-21)29-25-12-3-2-7-19(25)13-16-28(29)31-27/h2-18H,1H3. The SMILES string of the molecule is COc1cccc(-c2ccccc2-c2ccc3oc4ccc5ccccc5c4c3c2)c1. The third-order valence-corrected chi connectivity index (χ3v) is 5.98. The molecule has 0 aliphatic carbocycles. The third kappa shape index (κ3) is 2.88.